The van der Waals surface area contributed by atoms with Gasteiger partial charge in [0.25, 0.3) is 10.0 Å². The highest BCUT2D eigenvalue weighted by molar-refractivity contribution is 7.90. The van der Waals surface area contributed by atoms with Crippen molar-refractivity contribution in [3.63, 3.8) is 0 Å². The zero-order chi connectivity index (χ0) is 29.1. The largest absolute Gasteiger partial charge is 0.383 e. The van der Waals surface area contributed by atoms with Gasteiger partial charge in [-0.25, -0.2) is 22.4 Å². The van der Waals surface area contributed by atoms with Gasteiger partial charge < -0.3 is 10.0 Å². The molecule has 9 nitrogen and oxygen atoms in total. The number of aromatic nitrogens is 5. The van der Waals surface area contributed by atoms with Crippen molar-refractivity contribution in [2.45, 2.75) is 56.1 Å². The number of thiazole rings is 1. The van der Waals surface area contributed by atoms with Crippen LogP contribution in [0.1, 0.15) is 42.7 Å². The Labute approximate surface area is 253 Å². The van der Waals surface area contributed by atoms with Gasteiger partial charge in [0.1, 0.15) is 10.6 Å². The van der Waals surface area contributed by atoms with Crippen LogP contribution in [-0.4, -0.2) is 61.8 Å². The zero-order valence-electron chi connectivity index (χ0n) is 23.2. The van der Waals surface area contributed by atoms with Crippen molar-refractivity contribution in [2.24, 2.45) is 0 Å². The molecule has 2 aliphatic rings. The maximum Gasteiger partial charge on any atom is 0.269 e. The van der Waals surface area contributed by atoms with E-state index >= 15 is 0 Å². The van der Waals surface area contributed by atoms with E-state index < -0.39 is 15.6 Å². The van der Waals surface area contributed by atoms with E-state index in [1.807, 2.05) is 23.9 Å². The van der Waals surface area contributed by atoms with Crippen molar-refractivity contribution in [2.75, 3.05) is 19.6 Å². The van der Waals surface area contributed by atoms with Gasteiger partial charge in [0.15, 0.2) is 5.65 Å². The van der Waals surface area contributed by atoms with Crippen LogP contribution >= 0.6 is 22.9 Å². The molecule has 5 heterocycles. The van der Waals surface area contributed by atoms with Gasteiger partial charge in [-0.15, -0.1) is 11.3 Å². The first kappa shape index (κ1) is 27.7. The Hall–Kier alpha value is -3.09. The normalized spacial score (nSPS) is 17.2. The molecule has 2 fully saturated rings. The van der Waals surface area contributed by atoms with Crippen LogP contribution < -0.4 is 0 Å². The Morgan fingerprint density at radius 3 is 2.50 bits per heavy atom. The van der Waals surface area contributed by atoms with Gasteiger partial charge in [0.2, 0.25) is 0 Å². The van der Waals surface area contributed by atoms with Crippen LogP contribution in [0.4, 0.5) is 0 Å². The summed E-state index contributed by atoms with van der Waals surface area (Å²) in [5, 5.41) is 17.1. The minimum absolute atomic E-state index is 0.166. The quantitative estimate of drug-likeness (QED) is 0.237. The summed E-state index contributed by atoms with van der Waals surface area (Å²) in [6.45, 7) is 5.73. The topological polar surface area (TPSA) is 106 Å². The van der Waals surface area contributed by atoms with Crippen LogP contribution in [0.3, 0.4) is 0 Å². The number of benzene rings is 1. The molecule has 218 valence electrons. The fourth-order valence-corrected chi connectivity index (χ4v) is 8.73. The second-order valence-corrected chi connectivity index (χ2v) is 14.5. The summed E-state index contributed by atoms with van der Waals surface area (Å²) in [4.78, 5) is 12.4. The lowest BCUT2D eigenvalue weighted by Crippen LogP contribution is -2.33. The predicted molar refractivity (Wildman–Crippen MR) is 164 cm³/mol. The molecule has 4 aromatic heterocycles. The molecule has 1 aliphatic heterocycles. The highest BCUT2D eigenvalue weighted by atomic mass is 35.5. The van der Waals surface area contributed by atoms with Crippen LogP contribution in [0.15, 0.2) is 60.0 Å². The number of pyridine rings is 1. The van der Waals surface area contributed by atoms with Gasteiger partial charge in [-0.1, -0.05) is 29.3 Å². The van der Waals surface area contributed by atoms with E-state index in [4.69, 9.17) is 11.6 Å². The van der Waals surface area contributed by atoms with E-state index in [1.54, 1.807) is 36.7 Å². The first-order valence-corrected chi connectivity index (χ1v) is 16.8. The first-order valence-electron chi connectivity index (χ1n) is 14.2. The average Bonchev–Trinajstić information content (AvgIpc) is 3.76. The summed E-state index contributed by atoms with van der Waals surface area (Å²) in [6.07, 6.45) is 11.5. The lowest BCUT2D eigenvalue weighted by Gasteiger charge is -2.34. The van der Waals surface area contributed by atoms with Crippen molar-refractivity contribution < 1.29 is 13.5 Å². The molecule has 5 aromatic rings. The average molecular weight is 623 g/mol. The maximum atomic E-state index is 14.2. The van der Waals surface area contributed by atoms with Crippen LogP contribution in [0, 0.1) is 6.92 Å². The molecule has 0 amide bonds. The van der Waals surface area contributed by atoms with Gasteiger partial charge in [-0.05, 0) is 70.3 Å². The molecular formula is C30H31ClN6O3S2. The lowest BCUT2D eigenvalue weighted by atomic mass is 9.81. The second-order valence-electron chi connectivity index (χ2n) is 11.3. The van der Waals surface area contributed by atoms with Crippen molar-refractivity contribution in [3.8, 4) is 21.7 Å². The number of halogens is 1. The van der Waals surface area contributed by atoms with Crippen LogP contribution in [-0.2, 0) is 22.2 Å². The summed E-state index contributed by atoms with van der Waals surface area (Å²) in [5.41, 5.74) is 2.10. The number of hydrogen-bond acceptors (Lipinski definition) is 8. The van der Waals surface area contributed by atoms with E-state index in [0.717, 1.165) is 36.5 Å². The fourth-order valence-electron chi connectivity index (χ4n) is 5.81. The Bertz CT molecular complexity index is 1880. The van der Waals surface area contributed by atoms with Crippen molar-refractivity contribution in [1.29, 1.82) is 0 Å². The summed E-state index contributed by atoms with van der Waals surface area (Å²) in [6, 6.07) is 8.63. The Morgan fingerprint density at radius 2 is 1.79 bits per heavy atom. The lowest BCUT2D eigenvalue weighted by molar-refractivity contribution is -0.0389. The number of aryl methyl sites for hydroxylation is 1. The number of hydrogen-bond donors (Lipinski definition) is 1. The molecule has 1 saturated carbocycles. The molecular weight excluding hydrogens is 592 g/mol. The van der Waals surface area contributed by atoms with Crippen molar-refractivity contribution >= 4 is 44.0 Å². The minimum Gasteiger partial charge on any atom is -0.383 e. The molecule has 1 aromatic carbocycles. The van der Waals surface area contributed by atoms with Gasteiger partial charge in [0.05, 0.1) is 33.2 Å². The molecule has 12 heteroatoms. The molecule has 0 atom stereocenters. The van der Waals surface area contributed by atoms with Crippen molar-refractivity contribution in [3.05, 3.63) is 70.7 Å². The molecule has 1 aliphatic carbocycles. The van der Waals surface area contributed by atoms with Crippen LogP contribution in [0.2, 0.25) is 5.02 Å². The third-order valence-corrected chi connectivity index (χ3v) is 11.6. The summed E-state index contributed by atoms with van der Waals surface area (Å²) < 4.78 is 31.7. The molecule has 0 unspecified atom stereocenters. The number of nitrogens with zero attached hydrogens (tertiary/aromatic N) is 6. The van der Waals surface area contributed by atoms with Gasteiger partial charge in [-0.2, -0.15) is 5.10 Å². The van der Waals surface area contributed by atoms with Crippen LogP contribution in [0.5, 0.6) is 0 Å². The third kappa shape index (κ3) is 4.77. The van der Waals surface area contributed by atoms with Gasteiger partial charge in [0, 0.05) is 41.6 Å². The van der Waals surface area contributed by atoms with Gasteiger partial charge >= 0.3 is 0 Å². The molecule has 0 bridgehead atoms. The number of aliphatic hydroxyl groups is 1. The molecule has 0 spiro atoms. The number of rotatable bonds is 8. The van der Waals surface area contributed by atoms with E-state index in [2.05, 4.69) is 20.0 Å². The Morgan fingerprint density at radius 1 is 1.02 bits per heavy atom. The van der Waals surface area contributed by atoms with E-state index in [-0.39, 0.29) is 10.5 Å². The standard InChI is InChI=1S/C30H31ClN6O3S2/c1-20-5-7-22(8-6-20)42(39,40)37-25(21-16-34-36(19-21)14-13-35-11-2-3-12-35)15-23-27(24(31)17-32-28(23)37)26-18-33-29(41-26)30(38)9-4-10-30/h5-8,15-19,38H,2-4,9-14H2,1H3. The molecule has 7 rings (SSSR count). The zero-order valence-corrected chi connectivity index (χ0v) is 25.6. The monoisotopic (exact) mass is 622 g/mol. The smallest absolute Gasteiger partial charge is 0.269 e. The summed E-state index contributed by atoms with van der Waals surface area (Å²) in [5.74, 6) is 0. The predicted octanol–water partition coefficient (Wildman–Crippen LogP) is 5.69. The minimum atomic E-state index is -4.04. The molecule has 42 heavy (non-hydrogen) atoms. The highest BCUT2D eigenvalue weighted by Crippen LogP contribution is 2.47. The molecule has 1 saturated heterocycles. The van der Waals surface area contributed by atoms with Gasteiger partial charge in [-0.3, -0.25) is 4.68 Å². The number of likely N-dealkylation sites (tertiary alicyclic amines) is 1. The van der Waals surface area contributed by atoms with E-state index in [1.165, 1.54) is 34.3 Å². The summed E-state index contributed by atoms with van der Waals surface area (Å²) in [7, 11) is -4.04. The Kier molecular flexibility index (Phi) is 6.98. The molecule has 0 radical (unpaired) electrons. The first-order chi connectivity index (χ1) is 20.2. The third-order valence-electron chi connectivity index (χ3n) is 8.40. The van der Waals surface area contributed by atoms with E-state index in [0.29, 0.717) is 51.6 Å². The highest BCUT2D eigenvalue weighted by Gasteiger charge is 2.39. The maximum absolute atomic E-state index is 14.2. The second kappa shape index (κ2) is 10.6. The van der Waals surface area contributed by atoms with Crippen molar-refractivity contribution in [1.82, 2.24) is 28.6 Å². The SMILES string of the molecule is Cc1ccc(S(=O)(=O)n2c(-c3cnn(CCN4CCCC4)c3)cc3c(-c4cnc(C5(O)CCC5)s4)c(Cl)cnc32)cc1. The Balaban J connectivity index is 1.38. The summed E-state index contributed by atoms with van der Waals surface area (Å²) >= 11 is 8.13. The number of fused-ring (bicyclic) bond motifs is 1. The van der Waals surface area contributed by atoms with Crippen LogP contribution in [0.25, 0.3) is 32.7 Å². The fraction of sp³-hybridized carbons (Fsp3) is 0.367. The van der Waals surface area contributed by atoms with E-state index in [9.17, 15) is 13.5 Å². The molecule has 1 N–H and O–H groups in total.